The molecule has 8 nitrogen and oxygen atoms in total. The van der Waals surface area contributed by atoms with Gasteiger partial charge in [-0.1, -0.05) is 0 Å². The minimum atomic E-state index is -3.03. The lowest BCUT2D eigenvalue weighted by atomic mass is 9.81. The predicted octanol–water partition coefficient (Wildman–Crippen LogP) is -0.685. The van der Waals surface area contributed by atoms with Gasteiger partial charge in [0.25, 0.3) is 0 Å². The van der Waals surface area contributed by atoms with Gasteiger partial charge < -0.3 is 15.3 Å². The Kier molecular flexibility index (Phi) is 5.64. The first-order valence-electron chi connectivity index (χ1n) is 4.54. The average molecular weight is 300 g/mol. The molecule has 3 N–H and O–H groups in total. The molecule has 0 heterocycles. The van der Waals surface area contributed by atoms with Gasteiger partial charge in [0.05, 0.1) is 13.0 Å². The van der Waals surface area contributed by atoms with Crippen LogP contribution in [0.1, 0.15) is 12.8 Å². The molecule has 0 aliphatic heterocycles. The van der Waals surface area contributed by atoms with E-state index in [4.69, 9.17) is 15.3 Å². The Morgan fingerprint density at radius 2 is 1.67 bits per heavy atom. The van der Waals surface area contributed by atoms with Gasteiger partial charge in [-0.15, -0.1) is 0 Å². The van der Waals surface area contributed by atoms with Gasteiger partial charge in [-0.2, -0.15) is 0 Å². The van der Waals surface area contributed by atoms with E-state index in [1.54, 1.807) is 0 Å². The molecule has 0 aromatic carbocycles. The van der Waals surface area contributed by atoms with Crippen molar-refractivity contribution in [1.29, 1.82) is 0 Å². The molecule has 10 heteroatoms. The third-order valence-corrected chi connectivity index (χ3v) is 2.98. The Hall–Kier alpha value is -1.26. The van der Waals surface area contributed by atoms with Crippen LogP contribution in [0.15, 0.2) is 0 Å². The SMILES string of the molecule is CS(=O)(=S)OCCC(CC(=O)O)(C(=O)O)C(=O)O. The van der Waals surface area contributed by atoms with Crippen LogP contribution in [0.4, 0.5) is 0 Å². The Balaban J connectivity index is 5.03. The number of hydrogen-bond acceptors (Lipinski definition) is 6. The van der Waals surface area contributed by atoms with E-state index in [9.17, 15) is 18.6 Å². The molecule has 0 aliphatic carbocycles. The standard InChI is InChI=1S/C8H12O8S2/c1-18(15,17)16-3-2-8(6(11)12,7(13)14)4-5(9)10/h2-4H2,1H3,(H,9,10)(H,11,12)(H,13,14). The fourth-order valence-electron chi connectivity index (χ4n) is 1.17. The molecule has 0 bridgehead atoms. The van der Waals surface area contributed by atoms with Crippen molar-refractivity contribution >= 4 is 37.9 Å². The zero-order valence-corrected chi connectivity index (χ0v) is 11.0. The molecule has 0 aromatic heterocycles. The second kappa shape index (κ2) is 6.07. The van der Waals surface area contributed by atoms with Gasteiger partial charge in [-0.3, -0.25) is 18.6 Å². The summed E-state index contributed by atoms with van der Waals surface area (Å²) in [4.78, 5) is 32.5. The summed E-state index contributed by atoms with van der Waals surface area (Å²) < 4.78 is 15.6. The molecular formula is C8H12O8S2. The predicted molar refractivity (Wildman–Crippen MR) is 62.0 cm³/mol. The summed E-state index contributed by atoms with van der Waals surface area (Å²) in [7, 11) is -3.03. The highest BCUT2D eigenvalue weighted by atomic mass is 32.8. The van der Waals surface area contributed by atoms with Crippen LogP contribution < -0.4 is 0 Å². The largest absolute Gasteiger partial charge is 0.481 e. The summed E-state index contributed by atoms with van der Waals surface area (Å²) in [6, 6.07) is 0. The van der Waals surface area contributed by atoms with Crippen LogP contribution in [0.2, 0.25) is 0 Å². The van der Waals surface area contributed by atoms with Crippen molar-refractivity contribution in [2.75, 3.05) is 12.9 Å². The van der Waals surface area contributed by atoms with Crippen LogP contribution in [0, 0.1) is 5.41 Å². The van der Waals surface area contributed by atoms with E-state index < -0.39 is 51.5 Å². The molecule has 0 saturated carbocycles. The maximum Gasteiger partial charge on any atom is 0.321 e. The first kappa shape index (κ1) is 16.7. The fraction of sp³-hybridized carbons (Fsp3) is 0.625. The summed E-state index contributed by atoms with van der Waals surface area (Å²) in [6.45, 7) is -0.523. The van der Waals surface area contributed by atoms with E-state index in [-0.39, 0.29) is 0 Å². The van der Waals surface area contributed by atoms with Gasteiger partial charge in [0.15, 0.2) is 5.41 Å². The maximum absolute atomic E-state index is 11.0. The monoisotopic (exact) mass is 300 g/mol. The summed E-state index contributed by atoms with van der Waals surface area (Å²) in [5, 5.41) is 26.3. The van der Waals surface area contributed by atoms with Crippen LogP contribution in [-0.2, 0) is 38.5 Å². The van der Waals surface area contributed by atoms with Crippen molar-refractivity contribution in [2.24, 2.45) is 5.41 Å². The number of carboxylic acid groups (broad SMARTS) is 3. The molecule has 0 rings (SSSR count). The first-order chi connectivity index (χ1) is 8.01. The van der Waals surface area contributed by atoms with Gasteiger partial charge in [-0.05, 0) is 6.42 Å². The zero-order chi connectivity index (χ0) is 14.6. The number of aliphatic carboxylic acids is 3. The van der Waals surface area contributed by atoms with Crippen molar-refractivity contribution in [3.63, 3.8) is 0 Å². The zero-order valence-electron chi connectivity index (χ0n) is 9.32. The van der Waals surface area contributed by atoms with E-state index in [1.165, 1.54) is 0 Å². The minimum Gasteiger partial charge on any atom is -0.481 e. The summed E-state index contributed by atoms with van der Waals surface area (Å²) in [6.07, 6.45) is -0.683. The van der Waals surface area contributed by atoms with E-state index in [1.807, 2.05) is 0 Å². The third kappa shape index (κ3) is 4.94. The Morgan fingerprint density at radius 1 is 1.22 bits per heavy atom. The smallest absolute Gasteiger partial charge is 0.321 e. The van der Waals surface area contributed by atoms with Crippen molar-refractivity contribution in [3.8, 4) is 0 Å². The van der Waals surface area contributed by atoms with E-state index in [0.717, 1.165) is 6.26 Å². The second-order valence-corrected chi connectivity index (χ2v) is 7.00. The Morgan fingerprint density at radius 3 is 1.94 bits per heavy atom. The fourth-order valence-corrected chi connectivity index (χ4v) is 1.76. The van der Waals surface area contributed by atoms with E-state index in [2.05, 4.69) is 15.4 Å². The quantitative estimate of drug-likeness (QED) is 0.497. The van der Waals surface area contributed by atoms with Crippen LogP contribution in [0.25, 0.3) is 0 Å². The van der Waals surface area contributed by atoms with Crippen molar-refractivity contribution < 1.29 is 38.1 Å². The average Bonchev–Trinajstić information content (AvgIpc) is 2.12. The normalized spacial score (nSPS) is 14.7. The third-order valence-electron chi connectivity index (χ3n) is 2.10. The molecule has 0 amide bonds. The summed E-state index contributed by atoms with van der Waals surface area (Å²) in [5.74, 6) is -5.17. The number of rotatable bonds is 8. The Bertz CT molecular complexity index is 438. The highest BCUT2D eigenvalue weighted by molar-refractivity contribution is 8.29. The summed E-state index contributed by atoms with van der Waals surface area (Å²) in [5.41, 5.74) is -2.52. The molecule has 0 radical (unpaired) electrons. The van der Waals surface area contributed by atoms with Crippen molar-refractivity contribution in [3.05, 3.63) is 0 Å². The molecular weight excluding hydrogens is 288 g/mol. The highest BCUT2D eigenvalue weighted by Gasteiger charge is 2.48. The van der Waals surface area contributed by atoms with Gasteiger partial charge in [-0.25, -0.2) is 4.21 Å². The van der Waals surface area contributed by atoms with E-state index >= 15 is 0 Å². The molecule has 1 unspecified atom stereocenters. The van der Waals surface area contributed by atoms with Gasteiger partial charge in [0.1, 0.15) is 8.77 Å². The molecule has 1 atom stereocenters. The van der Waals surface area contributed by atoms with Gasteiger partial charge >= 0.3 is 17.9 Å². The van der Waals surface area contributed by atoms with Crippen LogP contribution in [0.5, 0.6) is 0 Å². The molecule has 0 aliphatic rings. The van der Waals surface area contributed by atoms with Crippen molar-refractivity contribution in [1.82, 2.24) is 0 Å². The topological polar surface area (TPSA) is 138 Å². The van der Waals surface area contributed by atoms with Gasteiger partial charge in [0.2, 0.25) is 0 Å². The molecule has 0 spiro atoms. The molecule has 18 heavy (non-hydrogen) atoms. The lowest BCUT2D eigenvalue weighted by molar-refractivity contribution is -0.170. The number of carbonyl (C=O) groups is 3. The van der Waals surface area contributed by atoms with Crippen LogP contribution in [0.3, 0.4) is 0 Å². The molecule has 0 saturated heterocycles. The summed E-state index contributed by atoms with van der Waals surface area (Å²) >= 11 is 4.39. The molecule has 0 fully saturated rings. The van der Waals surface area contributed by atoms with Gasteiger partial charge in [0, 0.05) is 17.4 Å². The minimum absolute atomic E-state index is 0.523. The maximum atomic E-state index is 11.0. The number of hydrogen-bond donors (Lipinski definition) is 3. The Labute approximate surface area is 107 Å². The van der Waals surface area contributed by atoms with Crippen molar-refractivity contribution in [2.45, 2.75) is 12.8 Å². The van der Waals surface area contributed by atoms with Crippen LogP contribution >= 0.6 is 0 Å². The lowest BCUT2D eigenvalue weighted by Gasteiger charge is -2.22. The van der Waals surface area contributed by atoms with E-state index in [0.29, 0.717) is 0 Å². The molecule has 104 valence electrons. The number of carboxylic acids is 3. The molecule has 0 aromatic rings. The van der Waals surface area contributed by atoms with Crippen LogP contribution in [-0.4, -0.2) is 50.3 Å². The second-order valence-electron chi connectivity index (χ2n) is 3.54. The first-order valence-corrected chi connectivity index (χ1v) is 7.36. The lowest BCUT2D eigenvalue weighted by Crippen LogP contribution is -2.42. The highest BCUT2D eigenvalue weighted by Crippen LogP contribution is 2.28.